The van der Waals surface area contributed by atoms with Crippen LogP contribution >= 0.6 is 0 Å². The lowest BCUT2D eigenvalue weighted by molar-refractivity contribution is 0.362. The summed E-state index contributed by atoms with van der Waals surface area (Å²) in [5.74, 6) is 1.15. The molecule has 0 saturated heterocycles. The standard InChI is InChI=1S/C17H29N3/c1-15(2,3)12-10-11-13(19-12)20(17(7,8)9)14(18-11)16(4,5)6/h10,19H,1-9H3. The van der Waals surface area contributed by atoms with Crippen LogP contribution in [0.25, 0.3) is 11.2 Å². The molecular weight excluding hydrogens is 246 g/mol. The second-order valence-corrected chi connectivity index (χ2v) is 8.86. The minimum Gasteiger partial charge on any atom is -0.343 e. The Morgan fingerprint density at radius 1 is 0.900 bits per heavy atom. The Morgan fingerprint density at radius 2 is 1.45 bits per heavy atom. The van der Waals surface area contributed by atoms with Gasteiger partial charge >= 0.3 is 0 Å². The van der Waals surface area contributed by atoms with Crippen molar-refractivity contribution in [3.8, 4) is 0 Å². The van der Waals surface area contributed by atoms with Crippen LogP contribution in [0, 0.1) is 0 Å². The number of nitrogens with one attached hydrogen (secondary N) is 1. The molecule has 0 radical (unpaired) electrons. The molecule has 0 saturated carbocycles. The van der Waals surface area contributed by atoms with Crippen molar-refractivity contribution in [2.24, 2.45) is 0 Å². The zero-order valence-electron chi connectivity index (χ0n) is 14.5. The summed E-state index contributed by atoms with van der Waals surface area (Å²) in [6.45, 7) is 20.1. The molecule has 0 unspecified atom stereocenters. The van der Waals surface area contributed by atoms with Gasteiger partial charge in [0.1, 0.15) is 17.0 Å². The maximum absolute atomic E-state index is 4.92. The summed E-state index contributed by atoms with van der Waals surface area (Å²) in [6.07, 6.45) is 0. The molecule has 0 spiro atoms. The molecule has 1 N–H and O–H groups in total. The predicted molar refractivity (Wildman–Crippen MR) is 86.5 cm³/mol. The fraction of sp³-hybridized carbons (Fsp3) is 0.706. The van der Waals surface area contributed by atoms with Crippen LogP contribution in [0.2, 0.25) is 0 Å². The van der Waals surface area contributed by atoms with Gasteiger partial charge < -0.3 is 9.55 Å². The van der Waals surface area contributed by atoms with Crippen molar-refractivity contribution in [3.63, 3.8) is 0 Å². The van der Waals surface area contributed by atoms with Crippen molar-refractivity contribution in [1.29, 1.82) is 0 Å². The third kappa shape index (κ3) is 2.50. The topological polar surface area (TPSA) is 33.6 Å². The van der Waals surface area contributed by atoms with Crippen LogP contribution in [0.3, 0.4) is 0 Å². The molecule has 3 heteroatoms. The molecular formula is C17H29N3. The summed E-state index contributed by atoms with van der Waals surface area (Å²) < 4.78 is 2.36. The van der Waals surface area contributed by atoms with E-state index in [-0.39, 0.29) is 16.4 Å². The first kappa shape index (κ1) is 15.1. The minimum absolute atomic E-state index is 0.0113. The van der Waals surface area contributed by atoms with Gasteiger partial charge in [0.05, 0.1) is 0 Å². The molecule has 20 heavy (non-hydrogen) atoms. The lowest BCUT2D eigenvalue weighted by Crippen LogP contribution is -2.30. The number of hydrogen-bond acceptors (Lipinski definition) is 1. The summed E-state index contributed by atoms with van der Waals surface area (Å²) in [7, 11) is 0. The zero-order valence-corrected chi connectivity index (χ0v) is 14.5. The number of aromatic nitrogens is 3. The number of rotatable bonds is 0. The highest BCUT2D eigenvalue weighted by Crippen LogP contribution is 2.34. The minimum atomic E-state index is 0.0113. The number of nitrogens with zero attached hydrogens (tertiary/aromatic N) is 2. The Kier molecular flexibility index (Phi) is 3.12. The van der Waals surface area contributed by atoms with Crippen LogP contribution in [-0.4, -0.2) is 14.5 Å². The van der Waals surface area contributed by atoms with Crippen molar-refractivity contribution in [3.05, 3.63) is 17.6 Å². The summed E-state index contributed by atoms with van der Waals surface area (Å²) in [5.41, 5.74) is 3.63. The molecule has 0 atom stereocenters. The molecule has 0 aliphatic carbocycles. The van der Waals surface area contributed by atoms with Crippen molar-refractivity contribution in [2.45, 2.75) is 78.7 Å². The number of fused-ring (bicyclic) bond motifs is 1. The highest BCUT2D eigenvalue weighted by molar-refractivity contribution is 5.75. The second-order valence-electron chi connectivity index (χ2n) is 8.86. The molecule has 0 bridgehead atoms. The Labute approximate surface area is 122 Å². The van der Waals surface area contributed by atoms with Gasteiger partial charge in [-0.15, -0.1) is 0 Å². The quantitative estimate of drug-likeness (QED) is 0.742. The van der Waals surface area contributed by atoms with Crippen molar-refractivity contribution in [2.75, 3.05) is 0 Å². The van der Waals surface area contributed by atoms with E-state index in [4.69, 9.17) is 4.98 Å². The van der Waals surface area contributed by atoms with E-state index in [1.807, 2.05) is 0 Å². The van der Waals surface area contributed by atoms with Gasteiger partial charge in [0.2, 0.25) is 0 Å². The van der Waals surface area contributed by atoms with Gasteiger partial charge in [0, 0.05) is 22.1 Å². The third-order valence-corrected chi connectivity index (χ3v) is 3.59. The van der Waals surface area contributed by atoms with Gasteiger partial charge in [-0.3, -0.25) is 0 Å². The molecule has 0 aliphatic heterocycles. The average molecular weight is 275 g/mol. The number of aromatic amines is 1. The summed E-state index contributed by atoms with van der Waals surface area (Å²) >= 11 is 0. The molecule has 2 aromatic rings. The lowest BCUT2D eigenvalue weighted by atomic mass is 9.92. The molecule has 0 aliphatic rings. The first-order valence-corrected chi connectivity index (χ1v) is 7.45. The van der Waals surface area contributed by atoms with Gasteiger partial charge in [-0.1, -0.05) is 41.5 Å². The number of hydrogen-bond donors (Lipinski definition) is 1. The Morgan fingerprint density at radius 3 is 1.85 bits per heavy atom. The van der Waals surface area contributed by atoms with Crippen molar-refractivity contribution < 1.29 is 0 Å². The second kappa shape index (κ2) is 4.12. The van der Waals surface area contributed by atoms with Crippen LogP contribution in [0.1, 0.15) is 73.8 Å². The largest absolute Gasteiger partial charge is 0.343 e. The van der Waals surface area contributed by atoms with Crippen molar-refractivity contribution in [1.82, 2.24) is 14.5 Å². The summed E-state index contributed by atoms with van der Waals surface area (Å²) in [4.78, 5) is 8.52. The van der Waals surface area contributed by atoms with Crippen molar-refractivity contribution >= 4 is 11.2 Å². The van der Waals surface area contributed by atoms with Crippen LogP contribution in [0.4, 0.5) is 0 Å². The summed E-state index contributed by atoms with van der Waals surface area (Å²) in [5, 5.41) is 0. The maximum atomic E-state index is 4.92. The Hall–Kier alpha value is -1.25. The van der Waals surface area contributed by atoms with E-state index >= 15 is 0 Å². The van der Waals surface area contributed by atoms with E-state index in [2.05, 4.69) is 77.9 Å². The first-order valence-electron chi connectivity index (χ1n) is 7.45. The van der Waals surface area contributed by atoms with Crippen LogP contribution in [0.15, 0.2) is 6.07 Å². The van der Waals surface area contributed by atoms with Gasteiger partial charge in [0.15, 0.2) is 0 Å². The zero-order chi connectivity index (χ0) is 15.5. The number of H-pyrrole nitrogens is 1. The fourth-order valence-electron chi connectivity index (χ4n) is 2.52. The Balaban J connectivity index is 2.77. The smallest absolute Gasteiger partial charge is 0.138 e. The van der Waals surface area contributed by atoms with E-state index in [9.17, 15) is 0 Å². The molecule has 2 aromatic heterocycles. The molecule has 3 nitrogen and oxygen atoms in total. The van der Waals surface area contributed by atoms with Gasteiger partial charge in [-0.05, 0) is 26.8 Å². The Bertz CT molecular complexity index is 622. The predicted octanol–water partition coefficient (Wildman–Crippen LogP) is 4.71. The van der Waals surface area contributed by atoms with E-state index in [1.54, 1.807) is 0 Å². The maximum Gasteiger partial charge on any atom is 0.138 e. The monoisotopic (exact) mass is 275 g/mol. The van der Waals surface area contributed by atoms with E-state index in [0.29, 0.717) is 0 Å². The molecule has 112 valence electrons. The molecule has 0 aromatic carbocycles. The SMILES string of the molecule is CC(C)(C)c1cc2nc(C(C)(C)C)n(C(C)(C)C)c2[nH]1. The normalized spacial score (nSPS) is 14.2. The molecule has 2 rings (SSSR count). The highest BCUT2D eigenvalue weighted by Gasteiger charge is 2.30. The first-order chi connectivity index (χ1) is 8.82. The molecule has 2 heterocycles. The third-order valence-electron chi connectivity index (χ3n) is 3.59. The highest BCUT2D eigenvalue weighted by atomic mass is 15.2. The molecule has 0 amide bonds. The summed E-state index contributed by atoms with van der Waals surface area (Å²) in [6, 6.07) is 2.20. The van der Waals surface area contributed by atoms with E-state index in [0.717, 1.165) is 17.0 Å². The van der Waals surface area contributed by atoms with E-state index < -0.39 is 0 Å². The molecule has 0 fully saturated rings. The number of imidazole rings is 1. The average Bonchev–Trinajstić information content (AvgIpc) is 2.66. The van der Waals surface area contributed by atoms with Crippen LogP contribution in [-0.2, 0) is 16.4 Å². The van der Waals surface area contributed by atoms with Crippen LogP contribution in [0.5, 0.6) is 0 Å². The fourth-order valence-corrected chi connectivity index (χ4v) is 2.52. The van der Waals surface area contributed by atoms with Gasteiger partial charge in [-0.2, -0.15) is 0 Å². The van der Waals surface area contributed by atoms with Gasteiger partial charge in [-0.25, -0.2) is 4.98 Å². The van der Waals surface area contributed by atoms with E-state index in [1.165, 1.54) is 5.69 Å². The lowest BCUT2D eigenvalue weighted by Gasteiger charge is -2.29. The van der Waals surface area contributed by atoms with Gasteiger partial charge in [0.25, 0.3) is 0 Å². The van der Waals surface area contributed by atoms with Crippen LogP contribution < -0.4 is 0 Å².